The van der Waals surface area contributed by atoms with E-state index in [-0.39, 0.29) is 23.9 Å². The van der Waals surface area contributed by atoms with E-state index in [1.54, 1.807) is 6.07 Å². The molecule has 0 saturated heterocycles. The van der Waals surface area contributed by atoms with Crippen LogP contribution in [-0.4, -0.2) is 52.8 Å². The molecule has 3 rings (SSSR count). The molecule has 1 amide bonds. The molecule has 1 aromatic rings. The molecular formula is C23H30N6O2. The number of aliphatic imine (C=N–C) groups is 1. The Kier molecular flexibility index (Phi) is 7.12. The van der Waals surface area contributed by atoms with Crippen LogP contribution >= 0.6 is 0 Å². The van der Waals surface area contributed by atoms with Crippen LogP contribution in [0.1, 0.15) is 36.0 Å². The molecule has 164 valence electrons. The summed E-state index contributed by atoms with van der Waals surface area (Å²) >= 11 is 0. The third kappa shape index (κ3) is 5.97. The van der Waals surface area contributed by atoms with Gasteiger partial charge in [-0.05, 0) is 43.9 Å². The van der Waals surface area contributed by atoms with E-state index in [1.807, 2.05) is 43.3 Å². The summed E-state index contributed by atoms with van der Waals surface area (Å²) in [5.74, 6) is 0.974. The standard InChI is InChI=1S/C23H30N6O2/c1-15(27-20-7-5-4-6-19(20)22(24)29(2)3)26-17-9-11-18(12-10-17)28-23(31)16-8-13-21(30)25-14-16/h4-8,13-14,17-18,26H,1,9-12,24H2,2-3H3,(H,25,30)(H,28,31)/b22-19+,27-20-/t17-,18+. The summed E-state index contributed by atoms with van der Waals surface area (Å²) in [4.78, 5) is 22.6. The zero-order valence-corrected chi connectivity index (χ0v) is 18.0. The predicted molar refractivity (Wildman–Crippen MR) is 122 cm³/mol. The molecule has 2 aliphatic rings. The molecule has 0 aliphatic heterocycles. The maximum absolute atomic E-state index is 12.3. The number of amides is 1. The van der Waals surface area contributed by atoms with Crippen LogP contribution in [0.4, 0.5) is 0 Å². The highest BCUT2D eigenvalue weighted by molar-refractivity contribution is 6.12. The van der Waals surface area contributed by atoms with Crippen LogP contribution in [0, 0.1) is 0 Å². The molecular weight excluding hydrogens is 392 g/mol. The van der Waals surface area contributed by atoms with Crippen LogP contribution in [0.5, 0.6) is 5.88 Å². The number of hydrogen-bond donors (Lipinski definition) is 4. The molecule has 1 saturated carbocycles. The molecule has 1 fully saturated rings. The Morgan fingerprint density at radius 2 is 1.81 bits per heavy atom. The Hall–Kier alpha value is -3.55. The summed E-state index contributed by atoms with van der Waals surface area (Å²) in [7, 11) is 3.79. The highest BCUT2D eigenvalue weighted by atomic mass is 16.3. The molecule has 0 aromatic carbocycles. The van der Waals surface area contributed by atoms with Gasteiger partial charge in [0.2, 0.25) is 5.88 Å². The lowest BCUT2D eigenvalue weighted by Gasteiger charge is -2.30. The van der Waals surface area contributed by atoms with Gasteiger partial charge in [-0.1, -0.05) is 18.7 Å². The number of pyridine rings is 1. The number of carbonyl (C=O) groups excluding carboxylic acids is 1. The number of rotatable bonds is 6. The van der Waals surface area contributed by atoms with E-state index < -0.39 is 0 Å². The summed E-state index contributed by atoms with van der Waals surface area (Å²) in [6.07, 6.45) is 12.6. The minimum absolute atomic E-state index is 0.0984. The van der Waals surface area contributed by atoms with E-state index in [4.69, 9.17) is 5.73 Å². The van der Waals surface area contributed by atoms with E-state index in [0.717, 1.165) is 37.0 Å². The number of aromatic nitrogens is 1. The van der Waals surface area contributed by atoms with E-state index in [2.05, 4.69) is 27.2 Å². The molecule has 0 spiro atoms. The van der Waals surface area contributed by atoms with Crippen molar-refractivity contribution in [2.45, 2.75) is 37.8 Å². The number of nitrogens with two attached hydrogens (primary N) is 1. The first-order valence-corrected chi connectivity index (χ1v) is 10.4. The van der Waals surface area contributed by atoms with Gasteiger partial charge in [-0.25, -0.2) is 9.98 Å². The number of nitrogens with one attached hydrogen (secondary N) is 2. The average molecular weight is 423 g/mol. The molecule has 1 heterocycles. The molecule has 5 N–H and O–H groups in total. The lowest BCUT2D eigenvalue weighted by molar-refractivity contribution is 0.0924. The minimum atomic E-state index is -0.172. The zero-order chi connectivity index (χ0) is 22.4. The summed E-state index contributed by atoms with van der Waals surface area (Å²) < 4.78 is 0. The van der Waals surface area contributed by atoms with Gasteiger partial charge in [-0.3, -0.25) is 4.79 Å². The fourth-order valence-corrected chi connectivity index (χ4v) is 3.61. The Labute approximate surface area is 183 Å². The Morgan fingerprint density at radius 3 is 2.42 bits per heavy atom. The van der Waals surface area contributed by atoms with Gasteiger partial charge in [0.15, 0.2) is 0 Å². The quantitative estimate of drug-likeness (QED) is 0.559. The van der Waals surface area contributed by atoms with Crippen molar-refractivity contribution >= 4 is 11.6 Å². The molecule has 0 bridgehead atoms. The Balaban J connectivity index is 1.52. The van der Waals surface area contributed by atoms with E-state index in [1.165, 1.54) is 12.3 Å². The maximum Gasteiger partial charge on any atom is 0.253 e. The molecule has 0 atom stereocenters. The van der Waals surface area contributed by atoms with Crippen LogP contribution in [0.25, 0.3) is 0 Å². The van der Waals surface area contributed by atoms with Crippen molar-refractivity contribution in [1.82, 2.24) is 20.5 Å². The topological polar surface area (TPSA) is 116 Å². The zero-order valence-electron chi connectivity index (χ0n) is 18.0. The Bertz CT molecular complexity index is 935. The highest BCUT2D eigenvalue weighted by Gasteiger charge is 2.23. The number of nitrogens with zero attached hydrogens (tertiary/aromatic N) is 3. The van der Waals surface area contributed by atoms with Gasteiger partial charge in [-0.2, -0.15) is 0 Å². The van der Waals surface area contributed by atoms with Gasteiger partial charge in [0.25, 0.3) is 5.91 Å². The second-order valence-electron chi connectivity index (χ2n) is 7.93. The third-order valence-electron chi connectivity index (χ3n) is 5.36. The van der Waals surface area contributed by atoms with Gasteiger partial charge in [0.1, 0.15) is 11.6 Å². The molecule has 0 radical (unpaired) electrons. The Morgan fingerprint density at radius 1 is 1.16 bits per heavy atom. The van der Waals surface area contributed by atoms with E-state index in [9.17, 15) is 9.90 Å². The van der Waals surface area contributed by atoms with Crippen molar-refractivity contribution in [3.8, 4) is 5.88 Å². The molecule has 0 unspecified atom stereocenters. The van der Waals surface area contributed by atoms with Crippen molar-refractivity contribution in [2.75, 3.05) is 14.1 Å². The molecule has 8 heteroatoms. The van der Waals surface area contributed by atoms with Gasteiger partial charge >= 0.3 is 0 Å². The summed E-state index contributed by atoms with van der Waals surface area (Å²) in [6, 6.07) is 3.34. The van der Waals surface area contributed by atoms with Crippen LogP contribution in [0.3, 0.4) is 0 Å². The van der Waals surface area contributed by atoms with Crippen LogP contribution in [-0.2, 0) is 0 Å². The van der Waals surface area contributed by atoms with Crippen LogP contribution in [0.2, 0.25) is 0 Å². The largest absolute Gasteiger partial charge is 0.493 e. The summed E-state index contributed by atoms with van der Waals surface area (Å²) in [5.41, 5.74) is 8.27. The van der Waals surface area contributed by atoms with Gasteiger partial charge in [0, 0.05) is 44.0 Å². The smallest absolute Gasteiger partial charge is 0.253 e. The SMILES string of the molecule is C=C(/N=C1/C=CC=C/C1=C(/N)N(C)C)N[C@H]1CC[C@@H](NC(=O)c2ccc(O)nc2)CC1. The first-order valence-electron chi connectivity index (χ1n) is 10.4. The fourth-order valence-electron chi connectivity index (χ4n) is 3.61. The first-order chi connectivity index (χ1) is 14.8. The van der Waals surface area contributed by atoms with Crippen LogP contribution in [0.15, 0.2) is 71.4 Å². The molecule has 31 heavy (non-hydrogen) atoms. The monoisotopic (exact) mass is 422 g/mol. The number of hydrogen-bond acceptors (Lipinski definition) is 7. The van der Waals surface area contributed by atoms with Gasteiger partial charge in [0.05, 0.1) is 11.3 Å². The number of aromatic hydroxyl groups is 1. The number of allylic oxidation sites excluding steroid dienone is 5. The lowest BCUT2D eigenvalue weighted by Crippen LogP contribution is -2.41. The lowest BCUT2D eigenvalue weighted by atomic mass is 9.91. The van der Waals surface area contributed by atoms with Crippen molar-refractivity contribution in [3.05, 3.63) is 72.0 Å². The highest BCUT2D eigenvalue weighted by Crippen LogP contribution is 2.21. The van der Waals surface area contributed by atoms with Crippen molar-refractivity contribution in [2.24, 2.45) is 10.7 Å². The fraction of sp³-hybridized carbons (Fsp3) is 0.348. The molecule has 8 nitrogen and oxygen atoms in total. The van der Waals surface area contributed by atoms with E-state index in [0.29, 0.717) is 17.2 Å². The minimum Gasteiger partial charge on any atom is -0.493 e. The summed E-state index contributed by atoms with van der Waals surface area (Å²) in [6.45, 7) is 4.06. The van der Waals surface area contributed by atoms with E-state index >= 15 is 0 Å². The average Bonchev–Trinajstić information content (AvgIpc) is 2.75. The normalized spacial score (nSPS) is 23.4. The van der Waals surface area contributed by atoms with Crippen molar-refractivity contribution in [1.29, 1.82) is 0 Å². The van der Waals surface area contributed by atoms with Crippen molar-refractivity contribution in [3.63, 3.8) is 0 Å². The maximum atomic E-state index is 12.3. The molecule has 2 aliphatic carbocycles. The van der Waals surface area contributed by atoms with Crippen molar-refractivity contribution < 1.29 is 9.90 Å². The van der Waals surface area contributed by atoms with Gasteiger partial charge < -0.3 is 26.4 Å². The molecule has 1 aromatic heterocycles. The second-order valence-corrected chi connectivity index (χ2v) is 7.93. The van der Waals surface area contributed by atoms with Crippen LogP contribution < -0.4 is 16.4 Å². The predicted octanol–water partition coefficient (Wildman–Crippen LogP) is 2.19. The number of carbonyl (C=O) groups is 1. The first kappa shape index (κ1) is 22.1. The van der Waals surface area contributed by atoms with Gasteiger partial charge in [-0.15, -0.1) is 0 Å². The summed E-state index contributed by atoms with van der Waals surface area (Å²) in [5, 5.41) is 15.7. The third-order valence-corrected chi connectivity index (χ3v) is 5.36. The second kappa shape index (κ2) is 9.97.